The second-order valence-corrected chi connectivity index (χ2v) is 12.6. The second kappa shape index (κ2) is 11.6. The number of hydrogen-bond donors (Lipinski definition) is 0. The lowest BCUT2D eigenvalue weighted by Gasteiger charge is -2.16. The van der Waals surface area contributed by atoms with Crippen molar-refractivity contribution in [1.29, 1.82) is 0 Å². The van der Waals surface area contributed by atoms with Crippen LogP contribution in [0.5, 0.6) is 0 Å². The van der Waals surface area contributed by atoms with Crippen molar-refractivity contribution in [1.82, 2.24) is 19.5 Å². The summed E-state index contributed by atoms with van der Waals surface area (Å²) in [7, 11) is 0. The van der Waals surface area contributed by atoms with Crippen LogP contribution in [0.25, 0.3) is 93.0 Å². The SMILES string of the molecule is [2H]c1cc([2H])c2c(c1[2H])c1c([2H])c([2H])cc([2H])c1n2-c1ccc(-c2cccc3c2sc2ccccc23)cc1-c1nc(-c2ccccc2)nc(-c2c([2H])c([2H])c([2H])c([2H])c2[2H])n1. The Labute approximate surface area is 308 Å². The minimum atomic E-state index is -0.570. The van der Waals surface area contributed by atoms with Gasteiger partial charge in [0.05, 0.1) is 31.8 Å². The molecule has 3 aromatic heterocycles. The molecule has 0 saturated carbocycles. The highest BCUT2D eigenvalue weighted by atomic mass is 32.1. The van der Waals surface area contributed by atoms with Crippen molar-refractivity contribution in [2.45, 2.75) is 0 Å². The predicted molar refractivity (Wildman–Crippen MR) is 209 cm³/mol. The Bertz CT molecular complexity index is 3410. The molecule has 0 bridgehead atoms. The molecule has 0 radical (unpaired) electrons. The van der Waals surface area contributed by atoms with Crippen LogP contribution < -0.4 is 0 Å². The summed E-state index contributed by atoms with van der Waals surface area (Å²) in [4.78, 5) is 14.5. The summed E-state index contributed by atoms with van der Waals surface area (Å²) in [6.07, 6.45) is 0. The fraction of sp³-hybridized carbons (Fsp3) is 0. The lowest BCUT2D eigenvalue weighted by molar-refractivity contribution is 1.06. The van der Waals surface area contributed by atoms with E-state index in [-0.39, 0.29) is 81.1 Å². The van der Waals surface area contributed by atoms with Crippen molar-refractivity contribution in [2.24, 2.45) is 0 Å². The van der Waals surface area contributed by atoms with Crippen molar-refractivity contribution in [3.8, 4) is 51.0 Å². The third kappa shape index (κ3) is 4.63. The van der Waals surface area contributed by atoms with E-state index >= 15 is 0 Å². The molecule has 0 amide bonds. The summed E-state index contributed by atoms with van der Waals surface area (Å²) in [5.41, 5.74) is 2.85. The van der Waals surface area contributed by atoms with E-state index in [1.807, 2.05) is 42.5 Å². The first kappa shape index (κ1) is 19.5. The molecule has 0 aliphatic heterocycles. The van der Waals surface area contributed by atoms with Gasteiger partial charge in [0.2, 0.25) is 0 Å². The Balaban J connectivity index is 1.37. The van der Waals surface area contributed by atoms with Gasteiger partial charge in [0.15, 0.2) is 17.5 Å². The van der Waals surface area contributed by atoms with Crippen molar-refractivity contribution >= 4 is 53.3 Å². The molecule has 3 heterocycles. The van der Waals surface area contributed by atoms with Crippen LogP contribution in [-0.2, 0) is 0 Å². The molecule has 0 aliphatic rings. The largest absolute Gasteiger partial charge is 0.309 e. The lowest BCUT2D eigenvalue weighted by atomic mass is 9.99. The summed E-state index contributed by atoms with van der Waals surface area (Å²) in [5, 5.41) is 2.31. The van der Waals surface area contributed by atoms with Crippen molar-refractivity contribution in [3.63, 3.8) is 0 Å². The summed E-state index contributed by atoms with van der Waals surface area (Å²) in [6.45, 7) is 0. The molecule has 234 valence electrons. The van der Waals surface area contributed by atoms with Crippen LogP contribution in [0, 0.1) is 0 Å². The molecule has 50 heavy (non-hydrogen) atoms. The Morgan fingerprint density at radius 1 is 0.460 bits per heavy atom. The summed E-state index contributed by atoms with van der Waals surface area (Å²) >= 11 is 1.64. The minimum Gasteiger partial charge on any atom is -0.309 e. The average Bonchev–Trinajstić information content (AvgIpc) is 3.84. The van der Waals surface area contributed by atoms with Gasteiger partial charge in [0.1, 0.15) is 0 Å². The van der Waals surface area contributed by atoms with Gasteiger partial charge in [-0.15, -0.1) is 11.3 Å². The average molecular weight is 668 g/mol. The fourth-order valence-corrected chi connectivity index (χ4v) is 7.73. The van der Waals surface area contributed by atoms with Gasteiger partial charge in [-0.05, 0) is 41.4 Å². The Morgan fingerprint density at radius 3 is 1.92 bits per heavy atom. The summed E-state index contributed by atoms with van der Waals surface area (Å²) in [5.74, 6) is -0.0250. The monoisotopic (exact) mass is 667 g/mol. The number of para-hydroxylation sites is 2. The minimum absolute atomic E-state index is 0.0236. The first-order chi connectivity index (χ1) is 29.3. The van der Waals surface area contributed by atoms with Gasteiger partial charge in [-0.2, -0.15) is 0 Å². The third-order valence-electron chi connectivity index (χ3n) is 8.71. The number of thiophene rings is 1. The summed E-state index contributed by atoms with van der Waals surface area (Å²) in [6, 6.07) is 27.1. The van der Waals surface area contributed by atoms with E-state index in [9.17, 15) is 2.74 Å². The maximum Gasteiger partial charge on any atom is 0.166 e. The zero-order valence-electron chi connectivity index (χ0n) is 37.0. The van der Waals surface area contributed by atoms with Crippen LogP contribution in [0.1, 0.15) is 15.1 Å². The molecule has 0 aliphatic carbocycles. The molecular formula is C45H28N4S. The van der Waals surface area contributed by atoms with Gasteiger partial charge < -0.3 is 4.57 Å². The molecule has 0 spiro atoms. The van der Waals surface area contributed by atoms with Crippen LogP contribution in [0.3, 0.4) is 0 Å². The van der Waals surface area contributed by atoms with Crippen LogP contribution in [0.4, 0.5) is 0 Å². The molecule has 0 atom stereocenters. The van der Waals surface area contributed by atoms with Gasteiger partial charge in [-0.3, -0.25) is 0 Å². The zero-order chi connectivity index (χ0) is 42.6. The smallest absolute Gasteiger partial charge is 0.166 e. The number of rotatable bonds is 5. The van der Waals surface area contributed by atoms with Crippen LogP contribution >= 0.6 is 11.3 Å². The van der Waals surface area contributed by atoms with Crippen LogP contribution in [-0.4, -0.2) is 19.5 Å². The van der Waals surface area contributed by atoms with Gasteiger partial charge in [0.25, 0.3) is 0 Å². The molecule has 10 rings (SSSR count). The van der Waals surface area contributed by atoms with Gasteiger partial charge in [-0.1, -0.05) is 139 Å². The fourth-order valence-electron chi connectivity index (χ4n) is 6.49. The predicted octanol–water partition coefficient (Wildman–Crippen LogP) is 12.0. The molecule has 0 saturated heterocycles. The van der Waals surface area contributed by atoms with E-state index in [2.05, 4.69) is 18.2 Å². The van der Waals surface area contributed by atoms with E-state index in [0.29, 0.717) is 16.8 Å². The van der Waals surface area contributed by atoms with E-state index in [4.69, 9.17) is 27.3 Å². The van der Waals surface area contributed by atoms with Crippen LogP contribution in [0.15, 0.2) is 170 Å². The van der Waals surface area contributed by atoms with Gasteiger partial charge >= 0.3 is 0 Å². The first-order valence-electron chi connectivity index (χ1n) is 21.3. The van der Waals surface area contributed by atoms with Gasteiger partial charge in [-0.25, -0.2) is 15.0 Å². The van der Waals surface area contributed by atoms with Crippen molar-refractivity contribution < 1.29 is 15.1 Å². The molecule has 0 unspecified atom stereocenters. The first-order valence-corrected chi connectivity index (χ1v) is 16.6. The highest BCUT2D eigenvalue weighted by Crippen LogP contribution is 2.42. The number of nitrogens with zero attached hydrogens (tertiary/aromatic N) is 4. The highest BCUT2D eigenvalue weighted by Gasteiger charge is 2.21. The molecule has 7 aromatic carbocycles. The van der Waals surface area contributed by atoms with Crippen molar-refractivity contribution in [2.75, 3.05) is 0 Å². The van der Waals surface area contributed by atoms with E-state index in [1.54, 1.807) is 46.2 Å². The molecule has 0 fully saturated rings. The molecule has 10 aromatic rings. The number of aromatic nitrogens is 4. The Morgan fingerprint density at radius 2 is 1.14 bits per heavy atom. The van der Waals surface area contributed by atoms with E-state index in [1.165, 1.54) is 12.1 Å². The highest BCUT2D eigenvalue weighted by molar-refractivity contribution is 7.26. The zero-order valence-corrected chi connectivity index (χ0v) is 26.8. The van der Waals surface area contributed by atoms with Crippen LogP contribution in [0.2, 0.25) is 0 Å². The number of benzene rings is 7. The standard InChI is InChI=1S/C45H28N4S/c1-3-14-29(15-4-1)43-46-44(30-16-5-2-6-17-30)48-45(47-43)37-28-31(32-21-13-22-36-35-20-9-12-25-41(35)50-42(32)36)26-27-40(37)49-38-23-10-7-18-33(38)34-19-8-11-24-39(34)49/h1-28H/i1D,3D,4D,7D,8D,14D,15D,18D,19D,23D,24D. The third-order valence-corrected chi connectivity index (χ3v) is 9.93. The van der Waals surface area contributed by atoms with E-state index in [0.717, 1.165) is 31.3 Å². The Hall–Kier alpha value is -6.43. The lowest BCUT2D eigenvalue weighted by Crippen LogP contribution is -2.04. The molecular weight excluding hydrogens is 629 g/mol. The Kier molecular flexibility index (Phi) is 4.54. The molecule has 5 heteroatoms. The maximum absolute atomic E-state index is 9.19. The second-order valence-electron chi connectivity index (χ2n) is 11.6. The molecule has 4 nitrogen and oxygen atoms in total. The van der Waals surface area contributed by atoms with Crippen molar-refractivity contribution in [3.05, 3.63) is 170 Å². The quantitative estimate of drug-likeness (QED) is 0.183. The molecule has 0 N–H and O–H groups in total. The normalized spacial score (nSPS) is 14.7. The number of hydrogen-bond acceptors (Lipinski definition) is 4. The number of fused-ring (bicyclic) bond motifs is 6. The van der Waals surface area contributed by atoms with E-state index < -0.39 is 30.2 Å². The topological polar surface area (TPSA) is 43.6 Å². The summed E-state index contributed by atoms with van der Waals surface area (Å²) < 4.78 is 100. The maximum atomic E-state index is 9.19. The van der Waals surface area contributed by atoms with Gasteiger partial charge in [0, 0.05) is 47.6 Å².